The summed E-state index contributed by atoms with van der Waals surface area (Å²) in [7, 11) is 0. The first-order chi connectivity index (χ1) is 11.5. The number of halogens is 1. The van der Waals surface area contributed by atoms with E-state index in [1.807, 2.05) is 29.2 Å². The third-order valence-corrected chi connectivity index (χ3v) is 5.90. The molecule has 2 saturated heterocycles. The van der Waals surface area contributed by atoms with E-state index in [2.05, 4.69) is 34.7 Å². The number of hydrogen-bond acceptors (Lipinski definition) is 3. The first-order valence-electron chi connectivity index (χ1n) is 8.98. The highest BCUT2D eigenvalue weighted by atomic mass is 79.9. The van der Waals surface area contributed by atoms with Crippen molar-refractivity contribution in [3.8, 4) is 5.75 Å². The molecule has 0 unspecified atom stereocenters. The van der Waals surface area contributed by atoms with Crippen LogP contribution in [0.1, 0.15) is 39.5 Å². The summed E-state index contributed by atoms with van der Waals surface area (Å²) in [6, 6.07) is 9.38. The summed E-state index contributed by atoms with van der Waals surface area (Å²) in [5.41, 5.74) is 0. The minimum Gasteiger partial charge on any atom is -0.484 e. The zero-order chi connectivity index (χ0) is 17.1. The Labute approximate surface area is 153 Å². The number of amides is 1. The largest absolute Gasteiger partial charge is 0.484 e. The highest BCUT2D eigenvalue weighted by Crippen LogP contribution is 2.29. The number of hydrogen-bond donors (Lipinski definition) is 0. The van der Waals surface area contributed by atoms with Gasteiger partial charge in [-0.1, -0.05) is 15.9 Å². The van der Waals surface area contributed by atoms with Crippen molar-refractivity contribution in [1.29, 1.82) is 0 Å². The number of carbonyl (C=O) groups is 1. The Morgan fingerprint density at radius 3 is 2.50 bits per heavy atom. The van der Waals surface area contributed by atoms with Crippen LogP contribution in [0.25, 0.3) is 0 Å². The van der Waals surface area contributed by atoms with Crippen LogP contribution in [0.2, 0.25) is 0 Å². The van der Waals surface area contributed by atoms with Crippen LogP contribution >= 0.6 is 15.9 Å². The minimum absolute atomic E-state index is 0.0992. The fourth-order valence-corrected chi connectivity index (χ4v) is 4.39. The van der Waals surface area contributed by atoms with E-state index in [4.69, 9.17) is 4.74 Å². The first-order valence-corrected chi connectivity index (χ1v) is 9.77. The van der Waals surface area contributed by atoms with E-state index in [9.17, 15) is 4.79 Å². The van der Waals surface area contributed by atoms with Crippen molar-refractivity contribution in [3.63, 3.8) is 0 Å². The summed E-state index contributed by atoms with van der Waals surface area (Å²) in [5, 5.41) is 0. The van der Waals surface area contributed by atoms with Crippen molar-refractivity contribution < 1.29 is 9.53 Å². The molecule has 3 atom stereocenters. The average molecular weight is 395 g/mol. The SMILES string of the molecule is C[C@@H]1CC[C@@H](C)N1[C@@H]1CCCN(C(=O)COc2ccc(Br)cc2)C1. The molecule has 24 heavy (non-hydrogen) atoms. The molecule has 0 aromatic heterocycles. The molecular formula is C19H27BrN2O2. The molecule has 2 heterocycles. The minimum atomic E-state index is 0.0992. The Balaban J connectivity index is 1.54. The van der Waals surface area contributed by atoms with Gasteiger partial charge in [-0.15, -0.1) is 0 Å². The van der Waals surface area contributed by atoms with E-state index in [1.54, 1.807) is 0 Å². The third kappa shape index (κ3) is 4.12. The predicted octanol–water partition coefficient (Wildman–Crippen LogP) is 3.69. The number of carbonyl (C=O) groups excluding carboxylic acids is 1. The summed E-state index contributed by atoms with van der Waals surface area (Å²) in [6.07, 6.45) is 4.84. The molecule has 2 aliphatic rings. The number of rotatable bonds is 4. The maximum absolute atomic E-state index is 12.5. The van der Waals surface area contributed by atoms with Gasteiger partial charge in [0.15, 0.2) is 6.61 Å². The Morgan fingerprint density at radius 2 is 1.83 bits per heavy atom. The quantitative estimate of drug-likeness (QED) is 0.780. The molecule has 0 spiro atoms. The second kappa shape index (κ2) is 7.87. The van der Waals surface area contributed by atoms with Crippen molar-refractivity contribution in [2.75, 3.05) is 19.7 Å². The molecule has 1 aromatic rings. The molecule has 0 saturated carbocycles. The van der Waals surface area contributed by atoms with Crippen molar-refractivity contribution in [2.45, 2.75) is 57.7 Å². The molecule has 1 amide bonds. The maximum Gasteiger partial charge on any atom is 0.260 e. The van der Waals surface area contributed by atoms with E-state index in [-0.39, 0.29) is 12.5 Å². The molecular weight excluding hydrogens is 368 g/mol. The highest BCUT2D eigenvalue weighted by molar-refractivity contribution is 9.10. The van der Waals surface area contributed by atoms with Crippen molar-refractivity contribution in [1.82, 2.24) is 9.80 Å². The molecule has 0 radical (unpaired) electrons. The van der Waals surface area contributed by atoms with E-state index in [0.717, 1.165) is 29.7 Å². The molecule has 132 valence electrons. The van der Waals surface area contributed by atoms with Gasteiger partial charge in [-0.3, -0.25) is 9.69 Å². The molecule has 5 heteroatoms. The number of nitrogens with zero attached hydrogens (tertiary/aromatic N) is 2. The van der Waals surface area contributed by atoms with E-state index in [1.165, 1.54) is 19.3 Å². The zero-order valence-electron chi connectivity index (χ0n) is 14.6. The molecule has 3 rings (SSSR count). The van der Waals surface area contributed by atoms with Crippen LogP contribution in [0, 0.1) is 0 Å². The lowest BCUT2D eigenvalue weighted by Gasteiger charge is -2.41. The van der Waals surface area contributed by atoms with Gasteiger partial charge in [-0.05, 0) is 63.8 Å². The molecule has 1 aromatic carbocycles. The Kier molecular flexibility index (Phi) is 5.82. The van der Waals surface area contributed by atoms with E-state index < -0.39 is 0 Å². The Hall–Kier alpha value is -1.07. The Bertz CT molecular complexity index is 553. The van der Waals surface area contributed by atoms with Crippen LogP contribution in [0.3, 0.4) is 0 Å². The molecule has 2 aliphatic heterocycles. The lowest BCUT2D eigenvalue weighted by Crippen LogP contribution is -2.53. The monoisotopic (exact) mass is 394 g/mol. The topological polar surface area (TPSA) is 32.8 Å². The summed E-state index contributed by atoms with van der Waals surface area (Å²) in [5.74, 6) is 0.837. The van der Waals surface area contributed by atoms with Gasteiger partial charge < -0.3 is 9.64 Å². The van der Waals surface area contributed by atoms with Gasteiger partial charge in [0.2, 0.25) is 0 Å². The van der Waals surface area contributed by atoms with Gasteiger partial charge >= 0.3 is 0 Å². The van der Waals surface area contributed by atoms with Crippen molar-refractivity contribution in [3.05, 3.63) is 28.7 Å². The smallest absolute Gasteiger partial charge is 0.260 e. The summed E-state index contributed by atoms with van der Waals surface area (Å²) >= 11 is 3.40. The highest BCUT2D eigenvalue weighted by Gasteiger charge is 2.36. The Morgan fingerprint density at radius 1 is 1.17 bits per heavy atom. The average Bonchev–Trinajstić information content (AvgIpc) is 2.93. The molecule has 4 nitrogen and oxygen atoms in total. The normalized spacial score (nSPS) is 28.1. The van der Waals surface area contributed by atoms with Crippen LogP contribution in [-0.4, -0.2) is 53.5 Å². The number of likely N-dealkylation sites (tertiary alicyclic amines) is 2. The zero-order valence-corrected chi connectivity index (χ0v) is 16.2. The summed E-state index contributed by atoms with van der Waals surface area (Å²) in [6.45, 7) is 6.47. The van der Waals surface area contributed by atoms with Crippen LogP contribution in [-0.2, 0) is 4.79 Å². The summed E-state index contributed by atoms with van der Waals surface area (Å²) in [4.78, 5) is 17.2. The first kappa shape index (κ1) is 17.7. The second-order valence-corrected chi connectivity index (χ2v) is 8.02. The number of piperidine rings is 1. The lowest BCUT2D eigenvalue weighted by atomic mass is 10.0. The number of benzene rings is 1. The van der Waals surface area contributed by atoms with Gasteiger partial charge in [-0.25, -0.2) is 0 Å². The van der Waals surface area contributed by atoms with Crippen molar-refractivity contribution in [2.24, 2.45) is 0 Å². The standard InChI is InChI=1S/C19H27BrN2O2/c1-14-5-6-15(2)22(14)17-4-3-11-21(12-17)19(23)13-24-18-9-7-16(20)8-10-18/h7-10,14-15,17H,3-6,11-13H2,1-2H3/t14-,15-,17-/m1/s1. The molecule has 2 fully saturated rings. The summed E-state index contributed by atoms with van der Waals surface area (Å²) < 4.78 is 6.66. The predicted molar refractivity (Wildman–Crippen MR) is 99.2 cm³/mol. The fourth-order valence-electron chi connectivity index (χ4n) is 4.13. The van der Waals surface area contributed by atoms with Gasteiger partial charge in [0, 0.05) is 35.7 Å². The van der Waals surface area contributed by atoms with E-state index in [0.29, 0.717) is 18.1 Å². The maximum atomic E-state index is 12.5. The van der Waals surface area contributed by atoms with Gasteiger partial charge in [0.1, 0.15) is 5.75 Å². The van der Waals surface area contributed by atoms with Crippen LogP contribution in [0.5, 0.6) is 5.75 Å². The molecule has 0 aliphatic carbocycles. The van der Waals surface area contributed by atoms with Crippen LogP contribution < -0.4 is 4.74 Å². The van der Waals surface area contributed by atoms with Gasteiger partial charge in [0.25, 0.3) is 5.91 Å². The molecule has 0 N–H and O–H groups in total. The lowest BCUT2D eigenvalue weighted by molar-refractivity contribution is -0.135. The van der Waals surface area contributed by atoms with Crippen LogP contribution in [0.4, 0.5) is 0 Å². The third-order valence-electron chi connectivity index (χ3n) is 5.37. The fraction of sp³-hybridized carbons (Fsp3) is 0.632. The van der Waals surface area contributed by atoms with Gasteiger partial charge in [-0.2, -0.15) is 0 Å². The van der Waals surface area contributed by atoms with Crippen molar-refractivity contribution >= 4 is 21.8 Å². The second-order valence-electron chi connectivity index (χ2n) is 7.10. The van der Waals surface area contributed by atoms with Gasteiger partial charge in [0.05, 0.1) is 0 Å². The molecule has 0 bridgehead atoms. The van der Waals surface area contributed by atoms with E-state index >= 15 is 0 Å². The van der Waals surface area contributed by atoms with Crippen LogP contribution in [0.15, 0.2) is 28.7 Å². The number of ether oxygens (including phenoxy) is 1.